The Morgan fingerprint density at radius 3 is 2.38 bits per heavy atom. The van der Waals surface area contributed by atoms with Crippen LogP contribution in [0.15, 0.2) is 48.5 Å². The minimum atomic E-state index is -0.235. The van der Waals surface area contributed by atoms with Gasteiger partial charge in [-0.25, -0.2) is 0 Å². The van der Waals surface area contributed by atoms with Gasteiger partial charge in [0.1, 0.15) is 0 Å². The van der Waals surface area contributed by atoms with Gasteiger partial charge < -0.3 is 5.32 Å². The number of carbonyl (C=O) groups is 1. The maximum absolute atomic E-state index is 11.9. The molecule has 0 aliphatic heterocycles. The van der Waals surface area contributed by atoms with Gasteiger partial charge >= 0.3 is 0 Å². The minimum absolute atomic E-state index is 0.235. The molecule has 0 aliphatic rings. The van der Waals surface area contributed by atoms with E-state index in [-0.39, 0.29) is 5.91 Å². The van der Waals surface area contributed by atoms with Crippen molar-refractivity contribution in [3.05, 3.63) is 65.2 Å². The lowest BCUT2D eigenvalue weighted by atomic mass is 10.1. The molecule has 0 fully saturated rings. The van der Waals surface area contributed by atoms with Gasteiger partial charge in [0.05, 0.1) is 0 Å². The van der Waals surface area contributed by atoms with Crippen LogP contribution in [0.1, 0.15) is 21.5 Å². The number of hydrazine groups is 1. The molecule has 0 heterocycles. The van der Waals surface area contributed by atoms with Crippen LogP contribution < -0.4 is 16.2 Å². The van der Waals surface area contributed by atoms with Gasteiger partial charge in [0.2, 0.25) is 0 Å². The van der Waals surface area contributed by atoms with E-state index in [9.17, 15) is 4.79 Å². The van der Waals surface area contributed by atoms with Crippen LogP contribution in [0.3, 0.4) is 0 Å². The summed E-state index contributed by atoms with van der Waals surface area (Å²) in [6, 6.07) is 14.9. The molecular weight excluding hydrogens is 282 g/mol. The van der Waals surface area contributed by atoms with E-state index in [0.717, 1.165) is 11.3 Å². The first-order chi connectivity index (χ1) is 10.1. The molecule has 3 N–H and O–H groups in total. The molecule has 2 aromatic rings. The van der Waals surface area contributed by atoms with E-state index >= 15 is 0 Å². The van der Waals surface area contributed by atoms with Crippen LogP contribution in [0.4, 0.5) is 5.69 Å². The van der Waals surface area contributed by atoms with E-state index in [1.165, 1.54) is 5.56 Å². The summed E-state index contributed by atoms with van der Waals surface area (Å²) in [6.07, 6.45) is 0. The third-order valence-corrected chi connectivity index (χ3v) is 3.38. The molecule has 21 heavy (non-hydrogen) atoms. The second-order valence-electron chi connectivity index (χ2n) is 4.65. The lowest BCUT2D eigenvalue weighted by molar-refractivity contribution is 0.0944. The Morgan fingerprint density at radius 1 is 0.952 bits per heavy atom. The largest absolute Gasteiger partial charge is 0.331 e. The second kappa shape index (κ2) is 6.85. The molecule has 0 spiro atoms. The summed E-state index contributed by atoms with van der Waals surface area (Å²) in [4.78, 5) is 11.9. The van der Waals surface area contributed by atoms with Crippen LogP contribution >= 0.6 is 12.2 Å². The molecule has 0 unspecified atom stereocenters. The Kier molecular flexibility index (Phi) is 4.90. The van der Waals surface area contributed by atoms with Crippen molar-refractivity contribution >= 4 is 28.9 Å². The Labute approximate surface area is 129 Å². The lowest BCUT2D eigenvalue weighted by Crippen LogP contribution is -2.43. The van der Waals surface area contributed by atoms with E-state index in [2.05, 4.69) is 16.2 Å². The zero-order valence-corrected chi connectivity index (χ0v) is 12.8. The average molecular weight is 299 g/mol. The summed E-state index contributed by atoms with van der Waals surface area (Å²) >= 11 is 5.17. The van der Waals surface area contributed by atoms with E-state index in [1.54, 1.807) is 12.1 Å². The number of aryl methyl sites for hydroxylation is 1. The summed E-state index contributed by atoms with van der Waals surface area (Å²) in [5.41, 5.74) is 9.04. The Hall–Kier alpha value is -2.40. The standard InChI is InChI=1S/C16H17N3OS/c1-11-7-6-10-14(12(11)2)17-16(21)19-18-15(20)13-8-4-3-5-9-13/h3-10H,1-2H3,(H,18,20)(H2,17,19,21). The van der Waals surface area contributed by atoms with Crippen molar-refractivity contribution in [2.75, 3.05) is 5.32 Å². The van der Waals surface area contributed by atoms with E-state index in [4.69, 9.17) is 12.2 Å². The molecule has 0 aliphatic carbocycles. The van der Waals surface area contributed by atoms with Crippen LogP contribution in [0, 0.1) is 13.8 Å². The molecule has 0 radical (unpaired) electrons. The molecule has 2 rings (SSSR count). The Balaban J connectivity index is 1.91. The van der Waals surface area contributed by atoms with Crippen LogP contribution in [0.25, 0.3) is 0 Å². The lowest BCUT2D eigenvalue weighted by Gasteiger charge is -2.14. The number of nitrogens with one attached hydrogen (secondary N) is 3. The van der Waals surface area contributed by atoms with Gasteiger partial charge in [-0.15, -0.1) is 0 Å². The second-order valence-corrected chi connectivity index (χ2v) is 5.05. The fourth-order valence-electron chi connectivity index (χ4n) is 1.82. The van der Waals surface area contributed by atoms with Gasteiger partial charge in [0.15, 0.2) is 5.11 Å². The van der Waals surface area contributed by atoms with Gasteiger partial charge in [0.25, 0.3) is 5.91 Å². The number of anilines is 1. The third-order valence-electron chi connectivity index (χ3n) is 3.18. The van der Waals surface area contributed by atoms with Gasteiger partial charge in [-0.05, 0) is 55.4 Å². The SMILES string of the molecule is Cc1cccc(NC(=S)NNC(=O)c2ccccc2)c1C. The first-order valence-corrected chi connectivity index (χ1v) is 6.97. The number of thiocarbonyl (C=S) groups is 1. The quantitative estimate of drug-likeness (QED) is 0.589. The van der Waals surface area contributed by atoms with Gasteiger partial charge in [-0.2, -0.15) is 0 Å². The first-order valence-electron chi connectivity index (χ1n) is 6.56. The molecule has 0 bridgehead atoms. The summed E-state index contributed by atoms with van der Waals surface area (Å²) in [6.45, 7) is 4.05. The van der Waals surface area contributed by atoms with E-state index in [1.807, 2.05) is 50.2 Å². The maximum Gasteiger partial charge on any atom is 0.269 e. The first kappa shape index (κ1) is 15.0. The highest BCUT2D eigenvalue weighted by Gasteiger charge is 2.06. The number of carbonyl (C=O) groups excluding carboxylic acids is 1. The number of rotatable bonds is 2. The predicted octanol–water partition coefficient (Wildman–Crippen LogP) is 2.93. The predicted molar refractivity (Wildman–Crippen MR) is 89.2 cm³/mol. The molecule has 0 saturated heterocycles. The number of benzene rings is 2. The van der Waals surface area contributed by atoms with Crippen molar-refractivity contribution in [1.82, 2.24) is 10.9 Å². The molecular formula is C16H17N3OS. The molecule has 0 aromatic heterocycles. The number of amides is 1. The highest BCUT2D eigenvalue weighted by atomic mass is 32.1. The minimum Gasteiger partial charge on any atom is -0.331 e. The normalized spacial score (nSPS) is 9.81. The third kappa shape index (κ3) is 4.03. The molecule has 1 amide bonds. The average Bonchev–Trinajstić information content (AvgIpc) is 2.50. The van der Waals surface area contributed by atoms with Crippen LogP contribution in [-0.4, -0.2) is 11.0 Å². The monoisotopic (exact) mass is 299 g/mol. The molecule has 0 atom stereocenters. The summed E-state index contributed by atoms with van der Waals surface area (Å²) in [7, 11) is 0. The van der Waals surface area contributed by atoms with Crippen molar-refractivity contribution in [2.24, 2.45) is 0 Å². The van der Waals surface area contributed by atoms with Crippen molar-refractivity contribution in [2.45, 2.75) is 13.8 Å². The van der Waals surface area contributed by atoms with Crippen LogP contribution in [0.2, 0.25) is 0 Å². The summed E-state index contributed by atoms with van der Waals surface area (Å²) in [5, 5.41) is 3.40. The van der Waals surface area contributed by atoms with Crippen LogP contribution in [-0.2, 0) is 0 Å². The topological polar surface area (TPSA) is 53.2 Å². The van der Waals surface area contributed by atoms with Crippen molar-refractivity contribution in [3.63, 3.8) is 0 Å². The van der Waals surface area contributed by atoms with Gasteiger partial charge in [-0.3, -0.25) is 15.6 Å². The van der Waals surface area contributed by atoms with Gasteiger partial charge in [0, 0.05) is 11.3 Å². The number of hydrogen-bond donors (Lipinski definition) is 3. The Bertz CT molecular complexity index is 656. The van der Waals surface area contributed by atoms with Crippen molar-refractivity contribution < 1.29 is 4.79 Å². The molecule has 5 heteroatoms. The van der Waals surface area contributed by atoms with Crippen molar-refractivity contribution in [3.8, 4) is 0 Å². The zero-order valence-electron chi connectivity index (χ0n) is 11.9. The summed E-state index contributed by atoms with van der Waals surface area (Å²) in [5.74, 6) is -0.235. The van der Waals surface area contributed by atoms with E-state index < -0.39 is 0 Å². The summed E-state index contributed by atoms with van der Waals surface area (Å²) < 4.78 is 0. The van der Waals surface area contributed by atoms with Gasteiger partial charge in [-0.1, -0.05) is 30.3 Å². The van der Waals surface area contributed by atoms with Crippen LogP contribution in [0.5, 0.6) is 0 Å². The maximum atomic E-state index is 11.9. The highest BCUT2D eigenvalue weighted by molar-refractivity contribution is 7.80. The fraction of sp³-hybridized carbons (Fsp3) is 0.125. The van der Waals surface area contributed by atoms with E-state index in [0.29, 0.717) is 10.7 Å². The molecule has 2 aromatic carbocycles. The fourth-order valence-corrected chi connectivity index (χ4v) is 1.98. The zero-order chi connectivity index (χ0) is 15.2. The van der Waals surface area contributed by atoms with Crippen molar-refractivity contribution in [1.29, 1.82) is 0 Å². The number of hydrogen-bond acceptors (Lipinski definition) is 2. The Morgan fingerprint density at radius 2 is 1.67 bits per heavy atom. The molecule has 0 saturated carbocycles. The molecule has 4 nitrogen and oxygen atoms in total. The smallest absolute Gasteiger partial charge is 0.269 e. The highest BCUT2D eigenvalue weighted by Crippen LogP contribution is 2.17. The molecule has 108 valence electrons.